The Labute approximate surface area is 294 Å². The van der Waals surface area contributed by atoms with Crippen LogP contribution < -0.4 is 9.80 Å². The molecule has 7 rings (SSSR count). The molecule has 0 spiro atoms. The minimum Gasteiger partial charge on any atom is -0.481 e. The Morgan fingerprint density at radius 1 is 1.02 bits per heavy atom. The molecule has 0 aromatic carbocycles. The van der Waals surface area contributed by atoms with E-state index in [1.807, 2.05) is 13.1 Å². The van der Waals surface area contributed by atoms with Crippen LogP contribution in [0.2, 0.25) is 0 Å². The summed E-state index contributed by atoms with van der Waals surface area (Å²) in [4.78, 5) is 44.0. The summed E-state index contributed by atoms with van der Waals surface area (Å²) >= 11 is 0. The van der Waals surface area contributed by atoms with Crippen LogP contribution in [0.25, 0.3) is 33.9 Å². The van der Waals surface area contributed by atoms with Crippen LogP contribution in [0.15, 0.2) is 30.7 Å². The number of carboxylic acid groups (broad SMARTS) is 1. The number of aromatic nitrogens is 6. The van der Waals surface area contributed by atoms with Crippen molar-refractivity contribution in [1.82, 2.24) is 34.8 Å². The molecule has 4 aromatic rings. The fourth-order valence-electron chi connectivity index (χ4n) is 7.67. The minimum absolute atomic E-state index is 0.0552. The summed E-state index contributed by atoms with van der Waals surface area (Å²) in [5, 5.41) is 9.00. The van der Waals surface area contributed by atoms with Gasteiger partial charge in [0.15, 0.2) is 11.5 Å². The topological polar surface area (TPSA) is 136 Å². The number of methoxy groups -OCH3 is 1. The Bertz CT molecular complexity index is 1840. The lowest BCUT2D eigenvalue weighted by Crippen LogP contribution is -2.47. The van der Waals surface area contributed by atoms with Crippen LogP contribution in [0.1, 0.15) is 68.5 Å². The Balaban J connectivity index is 1.21. The lowest BCUT2D eigenvalue weighted by Gasteiger charge is -2.40. The van der Waals surface area contributed by atoms with E-state index >= 15 is 0 Å². The highest BCUT2D eigenvalue weighted by molar-refractivity contribution is 5.91. The van der Waals surface area contributed by atoms with Gasteiger partial charge in [0.25, 0.3) is 0 Å². The first kappa shape index (κ1) is 35.1. The molecule has 272 valence electrons. The summed E-state index contributed by atoms with van der Waals surface area (Å²) < 4.78 is 48.4. The predicted octanol–water partition coefficient (Wildman–Crippen LogP) is 6.00. The summed E-state index contributed by atoms with van der Waals surface area (Å²) in [6.45, 7) is 4.71. The van der Waals surface area contributed by atoms with Crippen LogP contribution in [0.3, 0.4) is 0 Å². The predicted molar refractivity (Wildman–Crippen MR) is 187 cm³/mol. The van der Waals surface area contributed by atoms with Crippen molar-refractivity contribution in [1.29, 1.82) is 0 Å². The molecule has 0 radical (unpaired) electrons. The number of ether oxygens (including phenoxy) is 1. The van der Waals surface area contributed by atoms with Gasteiger partial charge < -0.3 is 24.6 Å². The van der Waals surface area contributed by atoms with E-state index in [1.165, 1.54) is 18.7 Å². The van der Waals surface area contributed by atoms with Crippen LogP contribution >= 0.6 is 0 Å². The molecule has 0 unspecified atom stereocenters. The highest BCUT2D eigenvalue weighted by atomic mass is 19.4. The molecule has 2 N–H and O–H groups in total. The van der Waals surface area contributed by atoms with Gasteiger partial charge in [-0.05, 0) is 37.8 Å². The number of rotatable bonds is 12. The zero-order valence-electron chi connectivity index (χ0n) is 29.0. The minimum atomic E-state index is -4.53. The van der Waals surface area contributed by atoms with E-state index in [-0.39, 0.29) is 29.0 Å². The molecule has 0 atom stereocenters. The van der Waals surface area contributed by atoms with Gasteiger partial charge in [-0.1, -0.05) is 19.3 Å². The third kappa shape index (κ3) is 7.78. The van der Waals surface area contributed by atoms with Gasteiger partial charge in [0.05, 0.1) is 48.1 Å². The Morgan fingerprint density at radius 3 is 2.43 bits per heavy atom. The molecule has 2 saturated carbocycles. The zero-order chi connectivity index (χ0) is 35.8. The zero-order valence-corrected chi connectivity index (χ0v) is 29.0. The fraction of sp³-hybridized carbons (Fsp3) is 0.556. The van der Waals surface area contributed by atoms with Crippen molar-refractivity contribution in [3.8, 4) is 22.8 Å². The van der Waals surface area contributed by atoms with E-state index in [1.54, 1.807) is 19.5 Å². The molecule has 5 heterocycles. The number of carbonyl (C=O) groups is 1. The molecule has 3 aliphatic rings. The lowest BCUT2D eigenvalue weighted by atomic mass is 9.74. The Morgan fingerprint density at radius 2 is 1.78 bits per heavy atom. The number of pyridine rings is 2. The molecule has 3 fully saturated rings. The highest BCUT2D eigenvalue weighted by Gasteiger charge is 2.40. The van der Waals surface area contributed by atoms with E-state index < -0.39 is 17.7 Å². The van der Waals surface area contributed by atoms with Gasteiger partial charge in [-0.15, -0.1) is 0 Å². The van der Waals surface area contributed by atoms with Crippen molar-refractivity contribution in [2.75, 3.05) is 69.8 Å². The van der Waals surface area contributed by atoms with Gasteiger partial charge in [0.1, 0.15) is 17.0 Å². The van der Waals surface area contributed by atoms with Crippen molar-refractivity contribution in [2.45, 2.75) is 63.5 Å². The van der Waals surface area contributed by atoms with Crippen LogP contribution in [0.5, 0.6) is 0 Å². The second kappa shape index (κ2) is 14.3. The Kier molecular flexibility index (Phi) is 9.85. The molecule has 1 aliphatic heterocycles. The molecule has 12 nitrogen and oxygen atoms in total. The van der Waals surface area contributed by atoms with Gasteiger partial charge in [-0.2, -0.15) is 13.2 Å². The third-order valence-electron chi connectivity index (χ3n) is 10.5. The number of anilines is 2. The summed E-state index contributed by atoms with van der Waals surface area (Å²) in [6, 6.07) is 3.00. The largest absolute Gasteiger partial charge is 0.481 e. The van der Waals surface area contributed by atoms with Crippen LogP contribution in [-0.2, 0) is 15.7 Å². The third-order valence-corrected chi connectivity index (χ3v) is 10.5. The molecule has 1 saturated heterocycles. The molecule has 15 heteroatoms. The summed E-state index contributed by atoms with van der Waals surface area (Å²) in [5.41, 5.74) is 2.26. The molecule has 51 heavy (non-hydrogen) atoms. The number of imidazole rings is 1. The quantitative estimate of drug-likeness (QED) is 0.179. The second-order valence-electron chi connectivity index (χ2n) is 14.3. The number of hydrogen-bond acceptors (Lipinski definition) is 10. The number of carboxylic acids is 1. The molecule has 2 aliphatic carbocycles. The van der Waals surface area contributed by atoms with E-state index in [0.29, 0.717) is 79.8 Å². The highest BCUT2D eigenvalue weighted by Crippen LogP contribution is 2.46. The lowest BCUT2D eigenvalue weighted by molar-refractivity contribution is -0.139. The number of alkyl halides is 3. The first-order chi connectivity index (χ1) is 24.5. The number of hydrogen-bond donors (Lipinski definition) is 2. The van der Waals surface area contributed by atoms with Crippen molar-refractivity contribution >= 4 is 28.6 Å². The van der Waals surface area contributed by atoms with E-state index in [9.17, 15) is 18.0 Å². The normalized spacial score (nSPS) is 18.3. The average molecular weight is 708 g/mol. The SMILES string of the molecule is COCC1(CN(C)c2cc(-c3cnc(C4CC4)c(C(F)(F)F)c3)nc3nc(-c4cnc(N5CCN(CCC(=O)O)CC5)cn4)[nH]c23)CCCCC1. The number of H-pyrrole nitrogens is 1. The van der Waals surface area contributed by atoms with Crippen molar-refractivity contribution in [2.24, 2.45) is 5.41 Å². The van der Waals surface area contributed by atoms with E-state index in [0.717, 1.165) is 44.5 Å². The van der Waals surface area contributed by atoms with Gasteiger partial charge in [0, 0.05) is 76.5 Å². The standard InChI is InChI=1S/C36H44F3N9O3/c1-46(21-35(22-51-2)9-4-3-5-10-35)28-17-26(24-16-25(36(37,38)39)31(42-18-24)23-6-7-23)43-34-32(28)44-33(45-34)27-19-41-29(20-40-27)48-14-12-47(13-15-48)11-8-30(49)50/h16-20,23H,3-15,21-22H2,1-2H3,(H,49,50)(H,43,44,45). The Hall–Kier alpha value is -4.37. The summed E-state index contributed by atoms with van der Waals surface area (Å²) in [6.07, 6.45) is 7.35. The number of aromatic amines is 1. The molecular formula is C36H44F3N9O3. The van der Waals surface area contributed by atoms with E-state index in [2.05, 4.69) is 34.6 Å². The van der Waals surface area contributed by atoms with Crippen molar-refractivity contribution in [3.05, 3.63) is 42.0 Å². The maximum Gasteiger partial charge on any atom is 0.418 e. The van der Waals surface area contributed by atoms with Crippen LogP contribution in [-0.4, -0.2) is 106 Å². The maximum atomic E-state index is 14.2. The van der Waals surface area contributed by atoms with Gasteiger partial charge in [0.2, 0.25) is 0 Å². The second-order valence-corrected chi connectivity index (χ2v) is 14.3. The summed E-state index contributed by atoms with van der Waals surface area (Å²) in [7, 11) is 3.72. The maximum absolute atomic E-state index is 14.2. The molecule has 0 bridgehead atoms. The van der Waals surface area contributed by atoms with Gasteiger partial charge in [-0.3, -0.25) is 14.7 Å². The number of nitrogens with one attached hydrogen (secondary N) is 1. The molecule has 4 aromatic heterocycles. The smallest absolute Gasteiger partial charge is 0.418 e. The first-order valence-corrected chi connectivity index (χ1v) is 17.7. The number of nitrogens with zero attached hydrogens (tertiary/aromatic N) is 8. The number of piperazine rings is 1. The summed E-state index contributed by atoms with van der Waals surface area (Å²) in [5.74, 6) is 0.204. The monoisotopic (exact) mass is 707 g/mol. The number of aliphatic carboxylic acids is 1. The number of halogens is 3. The van der Waals surface area contributed by atoms with Crippen LogP contribution in [0, 0.1) is 5.41 Å². The fourth-order valence-corrected chi connectivity index (χ4v) is 7.67. The average Bonchev–Trinajstić information content (AvgIpc) is 3.88. The molecule has 0 amide bonds. The van der Waals surface area contributed by atoms with E-state index in [4.69, 9.17) is 19.8 Å². The van der Waals surface area contributed by atoms with Crippen LogP contribution in [0.4, 0.5) is 24.7 Å². The number of fused-ring (bicyclic) bond motifs is 1. The van der Waals surface area contributed by atoms with Crippen molar-refractivity contribution in [3.63, 3.8) is 0 Å². The molecular weight excluding hydrogens is 663 g/mol. The van der Waals surface area contributed by atoms with Gasteiger partial charge in [-0.25, -0.2) is 19.9 Å². The van der Waals surface area contributed by atoms with Gasteiger partial charge >= 0.3 is 12.1 Å². The van der Waals surface area contributed by atoms with Crippen molar-refractivity contribution < 1.29 is 27.8 Å². The first-order valence-electron chi connectivity index (χ1n) is 17.7.